The summed E-state index contributed by atoms with van der Waals surface area (Å²) < 4.78 is 5.21. The zero-order valence-electron chi connectivity index (χ0n) is 17.6. The highest BCUT2D eigenvalue weighted by atomic mass is 16.3. The second-order valence-corrected chi connectivity index (χ2v) is 8.15. The Labute approximate surface area is 183 Å². The lowest BCUT2D eigenvalue weighted by Gasteiger charge is -2.34. The van der Waals surface area contributed by atoms with E-state index in [1.807, 2.05) is 41.3 Å². The lowest BCUT2D eigenvalue weighted by Crippen LogP contribution is -2.51. The third-order valence-electron chi connectivity index (χ3n) is 5.92. The molecule has 5 heteroatoms. The number of amides is 2. The van der Waals surface area contributed by atoms with E-state index < -0.39 is 6.04 Å². The number of nitrogens with one attached hydrogen (secondary N) is 1. The Morgan fingerprint density at radius 3 is 2.16 bits per heavy atom. The number of rotatable bonds is 7. The zero-order valence-corrected chi connectivity index (χ0v) is 17.6. The van der Waals surface area contributed by atoms with Crippen molar-refractivity contribution < 1.29 is 14.0 Å². The van der Waals surface area contributed by atoms with Gasteiger partial charge in [-0.15, -0.1) is 0 Å². The first kappa shape index (κ1) is 20.9. The fraction of sp³-hybridized carbons (Fsp3) is 0.308. The molecule has 0 bridgehead atoms. The van der Waals surface area contributed by atoms with Crippen molar-refractivity contribution in [1.82, 2.24) is 10.2 Å². The summed E-state index contributed by atoms with van der Waals surface area (Å²) in [5.74, 6) is 0.407. The predicted molar refractivity (Wildman–Crippen MR) is 120 cm³/mol. The Hall–Kier alpha value is -3.34. The van der Waals surface area contributed by atoms with Crippen LogP contribution in [0.5, 0.6) is 0 Å². The summed E-state index contributed by atoms with van der Waals surface area (Å²) in [4.78, 5) is 27.8. The molecule has 1 fully saturated rings. The van der Waals surface area contributed by atoms with Crippen molar-refractivity contribution in [3.05, 3.63) is 95.9 Å². The van der Waals surface area contributed by atoms with Crippen LogP contribution in [0.2, 0.25) is 0 Å². The average molecular weight is 417 g/mol. The van der Waals surface area contributed by atoms with Gasteiger partial charge < -0.3 is 14.6 Å². The number of hydrogen-bond donors (Lipinski definition) is 1. The van der Waals surface area contributed by atoms with E-state index in [1.54, 1.807) is 12.1 Å². The molecule has 2 amide bonds. The molecule has 1 aromatic heterocycles. The van der Waals surface area contributed by atoms with Crippen LogP contribution in [0.15, 0.2) is 83.5 Å². The normalized spacial score (nSPS) is 15.4. The smallest absolute Gasteiger partial charge is 0.287 e. The molecular weight excluding hydrogens is 388 g/mol. The molecule has 2 heterocycles. The van der Waals surface area contributed by atoms with Crippen LogP contribution in [0.4, 0.5) is 0 Å². The molecule has 1 saturated heterocycles. The van der Waals surface area contributed by atoms with Gasteiger partial charge in [0.05, 0.1) is 6.26 Å². The van der Waals surface area contributed by atoms with E-state index in [-0.39, 0.29) is 17.6 Å². The number of hydrogen-bond acceptors (Lipinski definition) is 3. The van der Waals surface area contributed by atoms with Crippen LogP contribution in [-0.4, -0.2) is 35.8 Å². The highest BCUT2D eigenvalue weighted by Gasteiger charge is 2.30. The topological polar surface area (TPSA) is 62.6 Å². The minimum atomic E-state index is -0.620. The molecule has 1 N–H and O–H groups in total. The maximum Gasteiger partial charge on any atom is 0.287 e. The van der Waals surface area contributed by atoms with E-state index in [0.717, 1.165) is 37.9 Å². The molecule has 0 radical (unpaired) electrons. The average Bonchev–Trinajstić information content (AvgIpc) is 3.35. The molecule has 0 spiro atoms. The van der Waals surface area contributed by atoms with Crippen LogP contribution < -0.4 is 5.32 Å². The number of nitrogens with zero attached hydrogens (tertiary/aromatic N) is 1. The van der Waals surface area contributed by atoms with Gasteiger partial charge in [-0.05, 0) is 48.4 Å². The molecule has 160 valence electrons. The second-order valence-electron chi connectivity index (χ2n) is 8.15. The minimum Gasteiger partial charge on any atom is -0.459 e. The van der Waals surface area contributed by atoms with Gasteiger partial charge in [0.25, 0.3) is 5.91 Å². The molecule has 1 aliphatic rings. The molecule has 1 unspecified atom stereocenters. The Balaban J connectivity index is 1.40. The van der Waals surface area contributed by atoms with Gasteiger partial charge in [-0.1, -0.05) is 60.7 Å². The summed E-state index contributed by atoms with van der Waals surface area (Å²) in [6.07, 6.45) is 4.91. The van der Waals surface area contributed by atoms with Crippen molar-refractivity contribution in [2.45, 2.75) is 31.7 Å². The van der Waals surface area contributed by atoms with Crippen LogP contribution in [0.3, 0.4) is 0 Å². The summed E-state index contributed by atoms with van der Waals surface area (Å²) in [5.41, 5.74) is 2.36. The molecule has 5 nitrogen and oxygen atoms in total. The first-order chi connectivity index (χ1) is 15.2. The van der Waals surface area contributed by atoms with Gasteiger partial charge in [0.2, 0.25) is 5.91 Å². The molecule has 0 aliphatic carbocycles. The van der Waals surface area contributed by atoms with E-state index in [1.165, 1.54) is 11.8 Å². The summed E-state index contributed by atoms with van der Waals surface area (Å²) in [7, 11) is 0. The molecule has 2 aromatic carbocycles. The zero-order chi connectivity index (χ0) is 21.5. The largest absolute Gasteiger partial charge is 0.459 e. The molecule has 0 saturated carbocycles. The monoisotopic (exact) mass is 416 g/mol. The van der Waals surface area contributed by atoms with Gasteiger partial charge in [-0.2, -0.15) is 0 Å². The highest BCUT2D eigenvalue weighted by Crippen LogP contribution is 2.22. The van der Waals surface area contributed by atoms with E-state index in [4.69, 9.17) is 4.42 Å². The minimum absolute atomic E-state index is 0.0260. The molecule has 1 aliphatic heterocycles. The quantitative estimate of drug-likeness (QED) is 0.631. The van der Waals surface area contributed by atoms with E-state index in [9.17, 15) is 9.59 Å². The molecule has 1 atom stereocenters. The summed E-state index contributed by atoms with van der Waals surface area (Å²) in [5, 5.41) is 2.89. The van der Waals surface area contributed by atoms with Gasteiger partial charge in [0.1, 0.15) is 6.04 Å². The molecule has 3 aromatic rings. The summed E-state index contributed by atoms with van der Waals surface area (Å²) in [6.45, 7) is 1.44. The van der Waals surface area contributed by atoms with Crippen LogP contribution in [0.1, 0.15) is 34.5 Å². The first-order valence-electron chi connectivity index (χ1n) is 10.9. The third kappa shape index (κ3) is 5.63. The van der Waals surface area contributed by atoms with Gasteiger partial charge in [-0.25, -0.2) is 0 Å². The van der Waals surface area contributed by atoms with Crippen LogP contribution in [0, 0.1) is 5.92 Å². The van der Waals surface area contributed by atoms with Crippen LogP contribution >= 0.6 is 0 Å². The fourth-order valence-corrected chi connectivity index (χ4v) is 4.21. The Bertz CT molecular complexity index is 962. The number of carbonyl (C=O) groups excluding carboxylic acids is 2. The van der Waals surface area contributed by atoms with Crippen molar-refractivity contribution in [2.75, 3.05) is 13.1 Å². The third-order valence-corrected chi connectivity index (χ3v) is 5.92. The summed E-state index contributed by atoms with van der Waals surface area (Å²) >= 11 is 0. The fourth-order valence-electron chi connectivity index (χ4n) is 4.21. The first-order valence-corrected chi connectivity index (χ1v) is 10.9. The van der Waals surface area contributed by atoms with E-state index >= 15 is 0 Å². The second kappa shape index (κ2) is 10.1. The van der Waals surface area contributed by atoms with Gasteiger partial charge in [0, 0.05) is 19.5 Å². The van der Waals surface area contributed by atoms with Crippen molar-refractivity contribution in [3.63, 3.8) is 0 Å². The van der Waals surface area contributed by atoms with Gasteiger partial charge in [-0.3, -0.25) is 9.59 Å². The molecule has 31 heavy (non-hydrogen) atoms. The maximum atomic E-state index is 13.4. The van der Waals surface area contributed by atoms with Crippen molar-refractivity contribution in [3.8, 4) is 0 Å². The van der Waals surface area contributed by atoms with E-state index in [2.05, 4.69) is 29.6 Å². The molecule has 4 rings (SSSR count). The SMILES string of the molecule is O=C(NC(Cc1ccccc1)C(=O)N1CCC(Cc2ccccc2)CC1)c1ccco1. The Kier molecular flexibility index (Phi) is 6.82. The predicted octanol–water partition coefficient (Wildman–Crippen LogP) is 4.10. The Morgan fingerprint density at radius 2 is 1.55 bits per heavy atom. The van der Waals surface area contributed by atoms with Crippen molar-refractivity contribution >= 4 is 11.8 Å². The Morgan fingerprint density at radius 1 is 0.903 bits per heavy atom. The number of piperidine rings is 1. The number of benzene rings is 2. The van der Waals surface area contributed by atoms with Crippen LogP contribution in [-0.2, 0) is 17.6 Å². The van der Waals surface area contributed by atoms with Gasteiger partial charge in [0.15, 0.2) is 5.76 Å². The van der Waals surface area contributed by atoms with Crippen molar-refractivity contribution in [2.24, 2.45) is 5.92 Å². The highest BCUT2D eigenvalue weighted by molar-refractivity contribution is 5.95. The van der Waals surface area contributed by atoms with Crippen molar-refractivity contribution in [1.29, 1.82) is 0 Å². The maximum absolute atomic E-state index is 13.4. The standard InChI is InChI=1S/C26H28N2O3/c29-25(24-12-7-17-31-24)27-23(19-21-10-5-2-6-11-21)26(30)28-15-13-22(14-16-28)18-20-8-3-1-4-9-20/h1-12,17,22-23H,13-16,18-19H2,(H,27,29). The number of likely N-dealkylation sites (tertiary alicyclic amines) is 1. The lowest BCUT2D eigenvalue weighted by molar-refractivity contribution is -0.134. The summed E-state index contributed by atoms with van der Waals surface area (Å²) in [6, 6.07) is 23.0. The van der Waals surface area contributed by atoms with E-state index in [0.29, 0.717) is 12.3 Å². The lowest BCUT2D eigenvalue weighted by atomic mass is 9.90. The molecular formula is C26H28N2O3. The number of carbonyl (C=O) groups is 2. The van der Waals surface area contributed by atoms with Gasteiger partial charge >= 0.3 is 0 Å². The number of furan rings is 1. The van der Waals surface area contributed by atoms with Crippen LogP contribution in [0.25, 0.3) is 0 Å².